The molecule has 442 valence electrons. The van der Waals surface area contributed by atoms with Gasteiger partial charge < -0.3 is 43.5 Å². The van der Waals surface area contributed by atoms with Gasteiger partial charge in [-0.05, 0) is 128 Å². The van der Waals surface area contributed by atoms with Crippen LogP contribution >= 0.6 is 34.8 Å². The molecule has 0 aromatic heterocycles. The van der Waals surface area contributed by atoms with E-state index in [9.17, 15) is 26.4 Å². The molecule has 3 N–H and O–H groups in total. The third-order valence-electron chi connectivity index (χ3n) is 13.9. The van der Waals surface area contributed by atoms with Crippen LogP contribution in [0.25, 0.3) is 0 Å². The van der Waals surface area contributed by atoms with Gasteiger partial charge in [-0.2, -0.15) is 0 Å². The minimum absolute atomic E-state index is 0.000180. The van der Waals surface area contributed by atoms with Crippen molar-refractivity contribution in [2.24, 2.45) is 0 Å². The number of carbonyl (C=O) groups excluding carboxylic acids is 2. The van der Waals surface area contributed by atoms with E-state index in [0.29, 0.717) is 126 Å². The molecule has 0 spiro atoms. The first-order valence-corrected chi connectivity index (χ1v) is 31.7. The van der Waals surface area contributed by atoms with Gasteiger partial charge >= 0.3 is 0 Å². The minimum atomic E-state index is -3.77. The summed E-state index contributed by atoms with van der Waals surface area (Å²) in [7, 11) is -3.44. The summed E-state index contributed by atoms with van der Waals surface area (Å²) in [5.74, 6) is 0.0958. The van der Waals surface area contributed by atoms with E-state index in [0.717, 1.165) is 72.2 Å². The Morgan fingerprint density at radius 3 is 1.50 bits per heavy atom. The van der Waals surface area contributed by atoms with Crippen molar-refractivity contribution in [3.05, 3.63) is 127 Å². The SMILES string of the molecule is Cc1cc(Cl)cc2c1CN(C)CC2c1cccc(S(=O)(=O)NCCOCCOCCOCCNC(=O)CCCCCCC(=O)CCCOCCOCCOCCNS(=O)(=O)c2cccc(C3CN(C)Cc4c(Cl)cc(Cl)cc43)c2)c1. The Morgan fingerprint density at radius 2 is 0.963 bits per heavy atom. The Kier molecular flexibility index (Phi) is 28.0. The molecule has 1 amide bonds. The van der Waals surface area contributed by atoms with Gasteiger partial charge in [0, 0.05) is 98.6 Å². The lowest BCUT2D eigenvalue weighted by Crippen LogP contribution is -2.32. The van der Waals surface area contributed by atoms with Crippen molar-refractivity contribution < 1.29 is 54.8 Å². The van der Waals surface area contributed by atoms with Gasteiger partial charge in [-0.1, -0.05) is 71.9 Å². The van der Waals surface area contributed by atoms with Crippen molar-refractivity contribution in [3.63, 3.8) is 0 Å². The number of nitrogens with zero attached hydrogens (tertiary/aromatic N) is 2. The summed E-state index contributed by atoms with van der Waals surface area (Å²) in [4.78, 5) is 29.3. The maximum Gasteiger partial charge on any atom is 0.240 e. The number of amides is 1. The number of benzene rings is 4. The molecule has 22 heteroatoms. The van der Waals surface area contributed by atoms with E-state index in [-0.39, 0.29) is 59.6 Å². The normalized spacial score (nSPS) is 15.9. The molecule has 2 atom stereocenters. The van der Waals surface area contributed by atoms with Crippen molar-refractivity contribution in [3.8, 4) is 0 Å². The summed E-state index contributed by atoms with van der Waals surface area (Å²) in [6.45, 7) is 9.66. The molecule has 0 radical (unpaired) electrons. The maximum atomic E-state index is 13.2. The van der Waals surface area contributed by atoms with Crippen LogP contribution in [-0.4, -0.2) is 164 Å². The molecule has 0 saturated heterocycles. The van der Waals surface area contributed by atoms with Crippen LogP contribution < -0.4 is 14.8 Å². The Morgan fingerprint density at radius 1 is 0.525 bits per heavy atom. The van der Waals surface area contributed by atoms with Gasteiger partial charge in [0.25, 0.3) is 0 Å². The Bertz CT molecular complexity index is 2640. The predicted molar refractivity (Wildman–Crippen MR) is 312 cm³/mol. The number of hydrogen-bond donors (Lipinski definition) is 3. The second kappa shape index (κ2) is 34.2. The zero-order chi connectivity index (χ0) is 57.3. The fourth-order valence-corrected chi connectivity index (χ4v) is 12.8. The van der Waals surface area contributed by atoms with Crippen molar-refractivity contribution in [2.45, 2.75) is 93.0 Å². The zero-order valence-corrected chi connectivity index (χ0v) is 50.3. The van der Waals surface area contributed by atoms with Crippen LogP contribution in [0.5, 0.6) is 0 Å². The highest BCUT2D eigenvalue weighted by Gasteiger charge is 2.30. The summed E-state index contributed by atoms with van der Waals surface area (Å²) >= 11 is 19.3. The highest BCUT2D eigenvalue weighted by molar-refractivity contribution is 7.89. The summed E-state index contributed by atoms with van der Waals surface area (Å²) in [5.41, 5.74) is 7.29. The number of unbranched alkanes of at least 4 members (excludes halogenated alkanes) is 3. The van der Waals surface area contributed by atoms with E-state index in [2.05, 4.69) is 38.5 Å². The van der Waals surface area contributed by atoms with Crippen molar-refractivity contribution >= 4 is 66.5 Å². The number of hydrogen-bond acceptors (Lipinski definition) is 14. The number of ether oxygens (including phenoxy) is 6. The maximum absolute atomic E-state index is 13.2. The Hall–Kier alpha value is -3.61. The number of Topliss-reactive ketones (excluding diaryl/α,β-unsaturated/α-hetero) is 1. The minimum Gasteiger partial charge on any atom is -0.379 e. The highest BCUT2D eigenvalue weighted by Crippen LogP contribution is 2.40. The zero-order valence-electron chi connectivity index (χ0n) is 46.4. The van der Waals surface area contributed by atoms with Crippen LogP contribution in [0, 0.1) is 6.92 Å². The molecule has 2 aliphatic rings. The number of ketones is 1. The molecule has 4 aromatic carbocycles. The van der Waals surface area contributed by atoms with Crippen LogP contribution in [-0.2, 0) is 71.1 Å². The monoisotopic (exact) mass is 1210 g/mol. The molecule has 0 saturated carbocycles. The lowest BCUT2D eigenvalue weighted by molar-refractivity contribution is -0.121. The standard InChI is InChI=1S/C58H80Cl3N5O12S2/c1-43-33-46(59)36-51-53(43)39-65(2)40-54(51)44-11-8-15-49(34-44)79(69,70)63-19-24-76-28-32-78-30-26-74-22-18-62-58(68)17-7-5-4-6-13-48(67)14-10-21-73-25-29-77-31-27-75-23-20-64-80(71,72)50-16-9-12-45(35-50)55-41-66(3)42-56-52(55)37-47(60)38-57(56)61/h8-9,11-12,15-16,33-38,54-55,63-64H,4-7,10,13-14,17-32,39-42H2,1-3H3,(H,62,68). The van der Waals surface area contributed by atoms with E-state index in [1.54, 1.807) is 42.5 Å². The molecule has 0 bridgehead atoms. The molecule has 17 nitrogen and oxygen atoms in total. The van der Waals surface area contributed by atoms with Crippen LogP contribution in [0.1, 0.15) is 102 Å². The second-order valence-electron chi connectivity index (χ2n) is 20.3. The molecule has 0 fully saturated rings. The highest BCUT2D eigenvalue weighted by atomic mass is 35.5. The van der Waals surface area contributed by atoms with Gasteiger partial charge in [0.15, 0.2) is 0 Å². The predicted octanol–water partition coefficient (Wildman–Crippen LogP) is 8.27. The van der Waals surface area contributed by atoms with Crippen LogP contribution in [0.3, 0.4) is 0 Å². The first kappa shape index (κ1) is 65.5. The summed E-state index contributed by atoms with van der Waals surface area (Å²) in [5, 5.41) is 4.70. The smallest absolute Gasteiger partial charge is 0.240 e. The van der Waals surface area contributed by atoms with Gasteiger partial charge in [0.2, 0.25) is 26.0 Å². The number of halogens is 3. The van der Waals surface area contributed by atoms with Crippen LogP contribution in [0.15, 0.2) is 82.6 Å². The molecular formula is C58H80Cl3N5O12S2. The second-order valence-corrected chi connectivity index (χ2v) is 25.1. The number of rotatable bonds is 38. The van der Waals surface area contributed by atoms with Gasteiger partial charge in [0.1, 0.15) is 5.78 Å². The summed E-state index contributed by atoms with van der Waals surface area (Å²) < 4.78 is 91.2. The van der Waals surface area contributed by atoms with Crippen molar-refractivity contribution in [2.75, 3.05) is 126 Å². The fourth-order valence-electron chi connectivity index (χ4n) is 9.84. The fraction of sp³-hybridized carbons (Fsp3) is 0.552. The number of carbonyl (C=O) groups is 2. The quantitative estimate of drug-likeness (QED) is 0.0362. The lowest BCUT2D eigenvalue weighted by atomic mass is 9.83. The largest absolute Gasteiger partial charge is 0.379 e. The van der Waals surface area contributed by atoms with Crippen molar-refractivity contribution in [1.29, 1.82) is 0 Å². The molecule has 6 rings (SSSR count). The van der Waals surface area contributed by atoms with Gasteiger partial charge in [-0.15, -0.1) is 0 Å². The van der Waals surface area contributed by atoms with Gasteiger partial charge in [0.05, 0.1) is 82.5 Å². The number of sulfonamides is 2. The van der Waals surface area contributed by atoms with E-state index in [1.807, 2.05) is 37.4 Å². The first-order valence-electron chi connectivity index (χ1n) is 27.6. The van der Waals surface area contributed by atoms with Gasteiger partial charge in [-0.3, -0.25) is 9.59 Å². The number of nitrogens with one attached hydrogen (secondary N) is 3. The molecular weight excluding hydrogens is 1130 g/mol. The first-order chi connectivity index (χ1) is 38.5. The number of likely N-dealkylation sites (N-methyl/N-ethyl adjacent to an activating group) is 2. The molecule has 2 heterocycles. The topological polar surface area (TPSA) is 200 Å². The summed E-state index contributed by atoms with van der Waals surface area (Å²) in [6.07, 6.45) is 5.36. The van der Waals surface area contributed by atoms with E-state index in [1.165, 1.54) is 5.56 Å². The van der Waals surface area contributed by atoms with E-state index < -0.39 is 20.0 Å². The van der Waals surface area contributed by atoms with Gasteiger partial charge in [-0.25, -0.2) is 26.3 Å². The number of fused-ring (bicyclic) bond motifs is 2. The molecule has 4 aromatic rings. The average molecular weight is 1210 g/mol. The molecule has 80 heavy (non-hydrogen) atoms. The average Bonchev–Trinajstić information content (AvgIpc) is 3.55. The molecule has 2 aliphatic heterocycles. The third-order valence-corrected chi connectivity index (χ3v) is 17.6. The Labute approximate surface area is 489 Å². The number of aryl methyl sites for hydroxylation is 1. The van der Waals surface area contributed by atoms with Crippen LogP contribution in [0.4, 0.5) is 0 Å². The third kappa shape index (κ3) is 21.9. The Balaban J connectivity index is 0.667. The lowest BCUT2D eigenvalue weighted by Gasteiger charge is -2.34. The van der Waals surface area contributed by atoms with Crippen molar-refractivity contribution in [1.82, 2.24) is 24.6 Å². The van der Waals surface area contributed by atoms with E-state index in [4.69, 9.17) is 63.2 Å². The van der Waals surface area contributed by atoms with Crippen LogP contribution in [0.2, 0.25) is 15.1 Å². The molecule has 0 aliphatic carbocycles. The molecule has 2 unspecified atom stereocenters. The summed E-state index contributed by atoms with van der Waals surface area (Å²) in [6, 6.07) is 21.7. The van der Waals surface area contributed by atoms with E-state index >= 15 is 0 Å².